The second-order valence-corrected chi connectivity index (χ2v) is 8.63. The minimum absolute atomic E-state index is 0.248. The molecule has 1 aliphatic carbocycles. The van der Waals surface area contributed by atoms with Crippen molar-refractivity contribution in [2.24, 2.45) is 17.8 Å². The Balaban J connectivity index is 1.45. The van der Waals surface area contributed by atoms with Gasteiger partial charge in [0.1, 0.15) is 6.29 Å². The molecule has 0 bridgehead atoms. The molecule has 6 nitrogen and oxygen atoms in total. The smallest absolute Gasteiger partial charge is 0.407 e. The second-order valence-electron chi connectivity index (χ2n) is 8.63. The lowest BCUT2D eigenvalue weighted by Crippen LogP contribution is -2.41. The molecule has 1 saturated carbocycles. The molecule has 1 unspecified atom stereocenters. The highest BCUT2D eigenvalue weighted by atomic mass is 16.4. The van der Waals surface area contributed by atoms with Gasteiger partial charge in [0.05, 0.1) is 6.04 Å². The van der Waals surface area contributed by atoms with Crippen molar-refractivity contribution >= 4 is 12.4 Å². The Hall–Kier alpha value is -1.92. The van der Waals surface area contributed by atoms with Crippen LogP contribution in [0, 0.1) is 17.8 Å². The monoisotopic (exact) mass is 387 g/mol. The molecule has 2 aliphatic rings. The Bertz CT molecular complexity index is 654. The highest BCUT2D eigenvalue weighted by Crippen LogP contribution is 2.38. The van der Waals surface area contributed by atoms with Gasteiger partial charge in [-0.15, -0.1) is 0 Å². The number of nitrogens with zero attached hydrogens (tertiary/aromatic N) is 2. The van der Waals surface area contributed by atoms with Crippen LogP contribution in [0.15, 0.2) is 30.3 Å². The molecule has 1 amide bonds. The Morgan fingerprint density at radius 3 is 2.75 bits per heavy atom. The van der Waals surface area contributed by atoms with Crippen molar-refractivity contribution < 1.29 is 14.7 Å². The number of hydrogen-bond donors (Lipinski definition) is 2. The lowest BCUT2D eigenvalue weighted by molar-refractivity contribution is -0.112. The summed E-state index contributed by atoms with van der Waals surface area (Å²) < 4.78 is 0. The zero-order valence-corrected chi connectivity index (χ0v) is 17.0. The average molecular weight is 388 g/mol. The van der Waals surface area contributed by atoms with Crippen LogP contribution in [0.3, 0.4) is 0 Å². The molecule has 1 heterocycles. The molecule has 2 N–H and O–H groups in total. The fraction of sp³-hybridized carbons (Fsp3) is 0.636. The number of rotatable bonds is 9. The summed E-state index contributed by atoms with van der Waals surface area (Å²) in [5, 5.41) is 12.8. The fourth-order valence-electron chi connectivity index (χ4n) is 4.88. The van der Waals surface area contributed by atoms with Crippen molar-refractivity contribution in [1.29, 1.82) is 0 Å². The zero-order chi connectivity index (χ0) is 20.1. The number of benzene rings is 1. The predicted molar refractivity (Wildman–Crippen MR) is 109 cm³/mol. The van der Waals surface area contributed by atoms with Crippen LogP contribution < -0.4 is 5.32 Å². The summed E-state index contributed by atoms with van der Waals surface area (Å²) in [4.78, 5) is 26.0. The average Bonchev–Trinajstić information content (AvgIpc) is 3.25. The first-order valence-electron chi connectivity index (χ1n) is 10.4. The second kappa shape index (κ2) is 9.52. The molecule has 2 fully saturated rings. The molecule has 154 valence electrons. The molecular weight excluding hydrogens is 354 g/mol. The summed E-state index contributed by atoms with van der Waals surface area (Å²) in [6, 6.07) is 10.6. The lowest BCUT2D eigenvalue weighted by Gasteiger charge is -2.26. The van der Waals surface area contributed by atoms with Gasteiger partial charge in [0.25, 0.3) is 0 Å². The molecule has 1 saturated heterocycles. The van der Waals surface area contributed by atoms with Crippen LogP contribution in [0.5, 0.6) is 0 Å². The third kappa shape index (κ3) is 5.11. The van der Waals surface area contributed by atoms with Gasteiger partial charge in [-0.1, -0.05) is 37.3 Å². The van der Waals surface area contributed by atoms with Crippen molar-refractivity contribution in [3.05, 3.63) is 35.9 Å². The summed E-state index contributed by atoms with van der Waals surface area (Å²) in [6.07, 6.45) is 2.74. The van der Waals surface area contributed by atoms with Crippen LogP contribution >= 0.6 is 0 Å². The first kappa shape index (κ1) is 20.8. The molecule has 0 radical (unpaired) electrons. The van der Waals surface area contributed by atoms with E-state index in [9.17, 15) is 9.59 Å². The quantitative estimate of drug-likeness (QED) is 0.638. The van der Waals surface area contributed by atoms with Crippen molar-refractivity contribution in [2.45, 2.75) is 44.8 Å². The molecule has 1 aromatic carbocycles. The summed E-state index contributed by atoms with van der Waals surface area (Å²) in [5.41, 5.74) is 1.38. The number of hydrogen-bond acceptors (Lipinski definition) is 4. The Labute approximate surface area is 167 Å². The first-order valence-corrected chi connectivity index (χ1v) is 10.4. The van der Waals surface area contributed by atoms with Gasteiger partial charge in [-0.2, -0.15) is 0 Å². The van der Waals surface area contributed by atoms with E-state index < -0.39 is 12.1 Å². The summed E-state index contributed by atoms with van der Waals surface area (Å²) in [6.45, 7) is 6.26. The predicted octanol–water partition coefficient (Wildman–Crippen LogP) is 2.69. The summed E-state index contributed by atoms with van der Waals surface area (Å²) in [7, 11) is 1.46. The normalized spacial score (nSPS) is 26.6. The van der Waals surface area contributed by atoms with Gasteiger partial charge in [0.2, 0.25) is 0 Å². The highest BCUT2D eigenvalue weighted by Gasteiger charge is 2.42. The Morgan fingerprint density at radius 2 is 2.07 bits per heavy atom. The van der Waals surface area contributed by atoms with Crippen LogP contribution in [0.1, 0.15) is 31.7 Å². The van der Waals surface area contributed by atoms with Gasteiger partial charge in [0, 0.05) is 32.7 Å². The number of aldehydes is 1. The highest BCUT2D eigenvalue weighted by molar-refractivity contribution is 5.71. The van der Waals surface area contributed by atoms with E-state index in [-0.39, 0.29) is 5.92 Å². The van der Waals surface area contributed by atoms with Gasteiger partial charge in [0.15, 0.2) is 0 Å². The van der Waals surface area contributed by atoms with Crippen molar-refractivity contribution in [3.63, 3.8) is 0 Å². The number of nitrogens with one attached hydrogen (secondary N) is 1. The van der Waals surface area contributed by atoms with E-state index in [2.05, 4.69) is 47.5 Å². The van der Waals surface area contributed by atoms with Crippen molar-refractivity contribution in [2.75, 3.05) is 26.7 Å². The number of fused-ring (bicyclic) bond motifs is 1. The standard InChI is InChI=1S/C22H33N3O3/c1-16(10-19(15-26)24(2)22(27)28)11-23-21-9-8-18-13-25(14-20(18)21)12-17-6-4-3-5-7-17/h3-7,15-16,18-21,23H,8-14H2,1-2H3,(H,27,28)/t16-,18+,19?,20-,21-/m0/s1. The molecular formula is C22H33N3O3. The molecule has 1 aromatic rings. The van der Waals surface area contributed by atoms with Gasteiger partial charge in [-0.3, -0.25) is 4.90 Å². The number of likely N-dealkylation sites (tertiary alicyclic amines) is 1. The Morgan fingerprint density at radius 1 is 1.32 bits per heavy atom. The van der Waals surface area contributed by atoms with Crippen molar-refractivity contribution in [3.8, 4) is 0 Å². The van der Waals surface area contributed by atoms with Crippen molar-refractivity contribution in [1.82, 2.24) is 15.1 Å². The maximum absolute atomic E-state index is 11.3. The van der Waals surface area contributed by atoms with E-state index in [4.69, 9.17) is 5.11 Å². The lowest BCUT2D eigenvalue weighted by atomic mass is 9.96. The molecule has 0 aromatic heterocycles. The first-order chi connectivity index (χ1) is 13.5. The SMILES string of the molecule is C[C@H](CN[C@H]1CC[C@@H]2CN(Cc3ccccc3)C[C@@H]21)CC(C=O)N(C)C(=O)O. The van der Waals surface area contributed by atoms with Gasteiger partial charge in [-0.05, 0) is 49.1 Å². The third-order valence-corrected chi connectivity index (χ3v) is 6.51. The van der Waals surface area contributed by atoms with Crippen LogP contribution in [-0.4, -0.2) is 66.1 Å². The van der Waals surface area contributed by atoms with E-state index in [1.807, 2.05) is 0 Å². The minimum atomic E-state index is -1.06. The minimum Gasteiger partial charge on any atom is -0.465 e. The van der Waals surface area contributed by atoms with E-state index in [0.717, 1.165) is 36.7 Å². The topological polar surface area (TPSA) is 72.9 Å². The maximum Gasteiger partial charge on any atom is 0.407 e. The van der Waals surface area contributed by atoms with Crippen LogP contribution in [-0.2, 0) is 11.3 Å². The van der Waals surface area contributed by atoms with E-state index >= 15 is 0 Å². The fourth-order valence-corrected chi connectivity index (χ4v) is 4.88. The maximum atomic E-state index is 11.3. The molecule has 0 spiro atoms. The number of carboxylic acid groups (broad SMARTS) is 1. The van der Waals surface area contributed by atoms with E-state index in [1.165, 1.54) is 32.0 Å². The molecule has 5 atom stereocenters. The number of likely N-dealkylation sites (N-methyl/N-ethyl adjacent to an activating group) is 1. The molecule has 1 aliphatic heterocycles. The van der Waals surface area contributed by atoms with Crippen LogP contribution in [0.4, 0.5) is 4.79 Å². The van der Waals surface area contributed by atoms with Gasteiger partial charge >= 0.3 is 6.09 Å². The molecule has 6 heteroatoms. The van der Waals surface area contributed by atoms with E-state index in [0.29, 0.717) is 18.4 Å². The van der Waals surface area contributed by atoms with Crippen LogP contribution in [0.2, 0.25) is 0 Å². The molecule has 3 rings (SSSR count). The van der Waals surface area contributed by atoms with Gasteiger partial charge < -0.3 is 20.1 Å². The van der Waals surface area contributed by atoms with Crippen LogP contribution in [0.25, 0.3) is 0 Å². The molecule has 28 heavy (non-hydrogen) atoms. The summed E-state index contributed by atoms with van der Waals surface area (Å²) in [5.74, 6) is 1.72. The number of amides is 1. The number of carbonyl (C=O) groups is 2. The largest absolute Gasteiger partial charge is 0.465 e. The number of carbonyl (C=O) groups excluding carboxylic acids is 1. The third-order valence-electron chi connectivity index (χ3n) is 6.51. The zero-order valence-electron chi connectivity index (χ0n) is 17.0. The summed E-state index contributed by atoms with van der Waals surface area (Å²) >= 11 is 0. The van der Waals surface area contributed by atoms with Gasteiger partial charge in [-0.25, -0.2) is 4.79 Å². The Kier molecular flexibility index (Phi) is 7.08. The van der Waals surface area contributed by atoms with E-state index in [1.54, 1.807) is 0 Å².